The fraction of sp³-hybridized carbons (Fsp3) is 0.514. The summed E-state index contributed by atoms with van der Waals surface area (Å²) in [5.74, 6) is -12.9. The van der Waals surface area contributed by atoms with Gasteiger partial charge in [0.1, 0.15) is 60.5 Å². The highest BCUT2D eigenvalue weighted by molar-refractivity contribution is 6.01. The average Bonchev–Trinajstić information content (AvgIpc) is 1.72. The Bertz CT molecular complexity index is 3960. The van der Waals surface area contributed by atoms with Gasteiger partial charge in [-0.3, -0.25) is 62.3 Å². The van der Waals surface area contributed by atoms with E-state index in [9.17, 15) is 72.2 Å². The van der Waals surface area contributed by atoms with Crippen LogP contribution in [0.3, 0.4) is 0 Å². The minimum Gasteiger partial charge on any atom is -0.458 e. The van der Waals surface area contributed by atoms with Gasteiger partial charge >= 0.3 is 5.97 Å². The molecule has 6 rings (SSSR count). The highest BCUT2D eigenvalue weighted by Crippen LogP contribution is 2.23. The number of anilines is 1. The molecule has 1 fully saturated rings. The van der Waals surface area contributed by atoms with Crippen molar-refractivity contribution in [3.05, 3.63) is 102 Å². The Labute approximate surface area is 631 Å². The molecule has 13 atom stereocenters. The third-order valence-electron chi connectivity index (χ3n) is 18.9. The number of rotatable bonds is 41. The molecule has 25 N–H and O–H groups in total. The fourth-order valence-corrected chi connectivity index (χ4v) is 12.1. The number of ether oxygens (including phenoxy) is 1. The molecule has 3 aromatic carbocycles. The third kappa shape index (κ3) is 27.0. The zero-order valence-corrected chi connectivity index (χ0v) is 62.2. The summed E-state index contributed by atoms with van der Waals surface area (Å²) in [6, 6.07) is 5.60. The largest absolute Gasteiger partial charge is 0.458 e. The SMILES string of the molecule is CCC(C)CCC(=O)N[C@H](CC(N)=O)C(=O)N[C@H](Cc1ccc(N)cc1)C(=O)N[C@H](Cc1c[nH]c2ccccc12)C(=O)N[C@H](CCCN)C(=O)N[C@@H](CCCN)C(=O)NCC(=O)N[C@H](CCCN)C(=O)N[C@@H](Cc1c[nH]c2ccccc12)C(=O)N[C@@H]1C(=O)N[C@@H]([C@@H](C)CC)C(=O)NCC(=O)N[C@@H](CO)C(=O)O[C@@H]1C. The monoisotopic (exact) mass is 1520 g/mol. The van der Waals surface area contributed by atoms with Crippen molar-refractivity contribution < 1.29 is 77.0 Å². The first-order valence-corrected chi connectivity index (χ1v) is 36.8. The molecule has 0 spiro atoms. The Morgan fingerprint density at radius 1 is 0.560 bits per heavy atom. The second-order valence-corrected chi connectivity index (χ2v) is 27.4. The van der Waals surface area contributed by atoms with Gasteiger partial charge in [-0.05, 0) is 124 Å². The molecule has 0 aliphatic carbocycles. The van der Waals surface area contributed by atoms with Crippen LogP contribution in [0.25, 0.3) is 21.8 Å². The molecule has 2 aromatic heterocycles. The van der Waals surface area contributed by atoms with Gasteiger partial charge in [-0.15, -0.1) is 0 Å². The number of nitrogen functional groups attached to an aromatic ring is 1. The summed E-state index contributed by atoms with van der Waals surface area (Å²) in [6.07, 6.45) is 2.33. The lowest BCUT2D eigenvalue weighted by Crippen LogP contribution is -2.62. The van der Waals surface area contributed by atoms with Crippen LogP contribution in [-0.2, 0) is 91.1 Å². The minimum absolute atomic E-state index is 0.0304. The van der Waals surface area contributed by atoms with Crippen molar-refractivity contribution in [3.8, 4) is 0 Å². The number of aromatic nitrogens is 2. The summed E-state index contributed by atoms with van der Waals surface area (Å²) in [7, 11) is 0. The number of carbonyl (C=O) groups is 14. The number of nitrogens with two attached hydrogens (primary N) is 5. The zero-order chi connectivity index (χ0) is 79.9. The molecule has 13 amide bonds. The lowest BCUT2D eigenvalue weighted by Gasteiger charge is -2.30. The van der Waals surface area contributed by atoms with Gasteiger partial charge in [0.15, 0.2) is 6.04 Å². The molecule has 0 bridgehead atoms. The Morgan fingerprint density at radius 3 is 1.55 bits per heavy atom. The van der Waals surface area contributed by atoms with E-state index in [1.54, 1.807) is 99.0 Å². The zero-order valence-electron chi connectivity index (χ0n) is 62.2. The van der Waals surface area contributed by atoms with Crippen LogP contribution in [0.15, 0.2) is 85.2 Å². The second kappa shape index (κ2) is 43.7. The Kier molecular flexibility index (Phi) is 34.8. The maximum Gasteiger partial charge on any atom is 0.331 e. The van der Waals surface area contributed by atoms with E-state index in [-0.39, 0.29) is 89.8 Å². The number of nitrogens with one attached hydrogen (secondary N) is 14. The van der Waals surface area contributed by atoms with Crippen molar-refractivity contribution in [2.75, 3.05) is 45.1 Å². The van der Waals surface area contributed by atoms with E-state index in [0.29, 0.717) is 57.0 Å². The standard InChI is InChI=1S/C74H107N19O16/c1-6-40(3)22-27-60(96)85-57(34-59(79)95)70(104)89-54(31-43-23-25-46(78)26-24-43)68(102)91-55(32-44-35-80-49-17-10-8-15-47(44)49)69(103)88-53(21-14-30-77)67(101)87-51(19-12-28-75)65(99)82-37-61(97)84-52(20-13-29-76)66(100)90-56(33-45-36-81-50-18-11-9-16-48(45)50)71(105)93-64-42(5)109-74(108)58(39-94)86-62(98)38-83-72(106)63(41(4)7-2)92-73(64)107/h8-11,15-18,23-26,35-36,40-42,51-58,63-64,80-81,94H,6-7,12-14,19-22,27-34,37-39,75-78H2,1-5H3,(H2,79,95)(H,82,99)(H,83,106)(H,84,97)(H,85,96)(H,86,98)(H,87,101)(H,88,103)(H,89,104)(H,90,100)(H,91,102)(H,92,107)(H,93,105)/t40?,41-,42+,51-,52+,53+,54+,55+,56-,57+,58-,63-,64-/m0/s1. The second-order valence-electron chi connectivity index (χ2n) is 27.4. The molecule has 1 unspecified atom stereocenters. The number of amides is 13. The number of esters is 1. The number of primary amides is 1. The molecular weight excluding hydrogens is 1410 g/mol. The molecule has 1 saturated heterocycles. The van der Waals surface area contributed by atoms with Crippen molar-refractivity contribution in [1.29, 1.82) is 0 Å². The molecule has 35 heteroatoms. The Hall–Kier alpha value is -11.0. The van der Waals surface area contributed by atoms with Crippen LogP contribution >= 0.6 is 0 Å². The average molecular weight is 1520 g/mol. The molecule has 0 saturated carbocycles. The van der Waals surface area contributed by atoms with E-state index in [1.807, 2.05) is 13.8 Å². The van der Waals surface area contributed by atoms with E-state index in [2.05, 4.69) is 73.8 Å². The van der Waals surface area contributed by atoms with E-state index >= 15 is 0 Å². The van der Waals surface area contributed by atoms with Crippen LogP contribution in [0.4, 0.5) is 5.69 Å². The van der Waals surface area contributed by atoms with Crippen molar-refractivity contribution in [2.45, 2.75) is 191 Å². The number of H-pyrrole nitrogens is 2. The number of aromatic amines is 2. The highest BCUT2D eigenvalue weighted by atomic mass is 16.5. The third-order valence-corrected chi connectivity index (χ3v) is 18.9. The fourth-order valence-electron chi connectivity index (χ4n) is 12.1. The first kappa shape index (κ1) is 86.9. The normalized spacial score (nSPS) is 18.0. The van der Waals surface area contributed by atoms with Gasteiger partial charge in [0.2, 0.25) is 76.8 Å². The predicted octanol–water partition coefficient (Wildman–Crippen LogP) is -2.76. The molecule has 3 heterocycles. The van der Waals surface area contributed by atoms with Gasteiger partial charge < -0.3 is 112 Å². The molecule has 109 heavy (non-hydrogen) atoms. The summed E-state index contributed by atoms with van der Waals surface area (Å²) >= 11 is 0. The summed E-state index contributed by atoms with van der Waals surface area (Å²) < 4.78 is 5.57. The van der Waals surface area contributed by atoms with Crippen LogP contribution < -0.4 is 92.5 Å². The number of carbonyl (C=O) groups excluding carboxylic acids is 14. The number of fused-ring (bicyclic) bond motifs is 2. The van der Waals surface area contributed by atoms with Crippen molar-refractivity contribution >= 4 is 110 Å². The van der Waals surface area contributed by atoms with Gasteiger partial charge in [0.25, 0.3) is 0 Å². The molecule has 1 aliphatic rings. The first-order valence-electron chi connectivity index (χ1n) is 36.8. The predicted molar refractivity (Wildman–Crippen MR) is 403 cm³/mol. The maximum atomic E-state index is 15.0. The molecule has 0 radical (unpaired) electrons. The quantitative estimate of drug-likeness (QED) is 0.0139. The van der Waals surface area contributed by atoms with Gasteiger partial charge in [-0.1, -0.05) is 89.1 Å². The lowest BCUT2D eigenvalue weighted by atomic mass is 9.97. The van der Waals surface area contributed by atoms with Crippen molar-refractivity contribution in [3.63, 3.8) is 0 Å². The van der Waals surface area contributed by atoms with E-state index in [4.69, 9.17) is 33.4 Å². The van der Waals surface area contributed by atoms with Gasteiger partial charge in [0, 0.05) is 65.6 Å². The number of aliphatic hydroxyl groups excluding tert-OH is 1. The molecule has 35 nitrogen and oxygen atoms in total. The van der Waals surface area contributed by atoms with Crippen LogP contribution in [-0.4, -0.2) is 204 Å². The maximum absolute atomic E-state index is 15.0. The van der Waals surface area contributed by atoms with Crippen LogP contribution in [0.1, 0.15) is 122 Å². The van der Waals surface area contributed by atoms with E-state index in [0.717, 1.165) is 6.42 Å². The lowest BCUT2D eigenvalue weighted by molar-refractivity contribution is -0.157. The van der Waals surface area contributed by atoms with Gasteiger partial charge in [-0.2, -0.15) is 0 Å². The Balaban J connectivity index is 1.22. The minimum atomic E-state index is -1.78. The van der Waals surface area contributed by atoms with Crippen LogP contribution in [0.5, 0.6) is 0 Å². The van der Waals surface area contributed by atoms with E-state index < -0.39 is 181 Å². The first-order chi connectivity index (χ1) is 52.1. The van der Waals surface area contributed by atoms with Crippen LogP contribution in [0.2, 0.25) is 0 Å². The highest BCUT2D eigenvalue weighted by Gasteiger charge is 2.40. The topological polar surface area (TPSA) is 574 Å². The summed E-state index contributed by atoms with van der Waals surface area (Å²) in [6.45, 7) is 6.36. The number of aliphatic hydroxyl groups is 1. The number of para-hydroxylation sites is 2. The molecule has 5 aromatic rings. The van der Waals surface area contributed by atoms with Gasteiger partial charge in [0.05, 0.1) is 26.1 Å². The number of benzene rings is 3. The smallest absolute Gasteiger partial charge is 0.331 e. The summed E-state index contributed by atoms with van der Waals surface area (Å²) in [5.41, 5.74) is 32.7. The Morgan fingerprint density at radius 2 is 1.04 bits per heavy atom. The van der Waals surface area contributed by atoms with Crippen LogP contribution in [0, 0.1) is 11.8 Å². The summed E-state index contributed by atoms with van der Waals surface area (Å²) in [4.78, 5) is 202. The van der Waals surface area contributed by atoms with E-state index in [1.165, 1.54) is 6.92 Å². The van der Waals surface area contributed by atoms with Crippen molar-refractivity contribution in [1.82, 2.24) is 73.8 Å². The molecule has 594 valence electrons. The van der Waals surface area contributed by atoms with Gasteiger partial charge in [-0.25, -0.2) is 4.79 Å². The van der Waals surface area contributed by atoms with Crippen molar-refractivity contribution in [2.24, 2.45) is 34.8 Å². The number of hydrogen-bond donors (Lipinski definition) is 20. The molecule has 1 aliphatic heterocycles. The number of cyclic esters (lactones) is 1. The molecular formula is C74H107N19O16. The number of hydrogen-bond acceptors (Lipinski definition) is 20. The summed E-state index contributed by atoms with van der Waals surface area (Å²) in [5, 5.41) is 42.5.